The van der Waals surface area contributed by atoms with Gasteiger partial charge in [-0.15, -0.1) is 0 Å². The molecule has 0 saturated carbocycles. The summed E-state index contributed by atoms with van der Waals surface area (Å²) in [6.07, 6.45) is 43.8. The highest BCUT2D eigenvalue weighted by Gasteiger charge is 2.25. The highest BCUT2D eigenvalue weighted by molar-refractivity contribution is 7.47. The van der Waals surface area contributed by atoms with Crippen LogP contribution in [0.2, 0.25) is 0 Å². The van der Waals surface area contributed by atoms with E-state index in [2.05, 4.69) is 74.6 Å². The summed E-state index contributed by atoms with van der Waals surface area (Å²) in [7, 11) is -4.28. The van der Waals surface area contributed by atoms with Gasteiger partial charge in [0, 0.05) is 19.6 Å². The van der Waals surface area contributed by atoms with Crippen LogP contribution < -0.4 is 5.73 Å². The van der Waals surface area contributed by atoms with Crippen LogP contribution in [0.4, 0.5) is 0 Å². The fraction of sp³-hybridized carbons (Fsp3) is 0.725. The Labute approximate surface area is 300 Å². The Morgan fingerprint density at radius 1 is 0.633 bits per heavy atom. The molecule has 0 fully saturated rings. The summed E-state index contributed by atoms with van der Waals surface area (Å²) in [5, 5.41) is 0. The number of rotatable bonds is 36. The Bertz CT molecular complexity index is 932. The van der Waals surface area contributed by atoms with Gasteiger partial charge in [0.2, 0.25) is 0 Å². The van der Waals surface area contributed by atoms with Gasteiger partial charge in [-0.25, -0.2) is 4.57 Å². The van der Waals surface area contributed by atoms with Crippen molar-refractivity contribution in [1.82, 2.24) is 0 Å². The zero-order valence-corrected chi connectivity index (χ0v) is 32.1. The minimum Gasteiger partial charge on any atom is -0.457 e. The maximum Gasteiger partial charge on any atom is 0.472 e. The molecule has 0 saturated heterocycles. The van der Waals surface area contributed by atoms with Gasteiger partial charge in [-0.3, -0.25) is 13.8 Å². The molecule has 0 aliphatic heterocycles. The third kappa shape index (κ3) is 37.3. The van der Waals surface area contributed by atoms with Crippen molar-refractivity contribution in [3.05, 3.63) is 60.8 Å². The molecule has 2 atom stereocenters. The Kier molecular flexibility index (Phi) is 36.1. The number of carbonyl (C=O) groups excluding carboxylic acids is 1. The smallest absolute Gasteiger partial charge is 0.457 e. The van der Waals surface area contributed by atoms with Gasteiger partial charge in [-0.1, -0.05) is 145 Å². The maximum atomic E-state index is 12.5. The Morgan fingerprint density at radius 3 is 1.67 bits per heavy atom. The number of carbonyl (C=O) groups is 1. The first-order chi connectivity index (χ1) is 23.9. The molecule has 0 aliphatic rings. The van der Waals surface area contributed by atoms with E-state index in [1.165, 1.54) is 57.8 Å². The van der Waals surface area contributed by atoms with Crippen LogP contribution in [0.15, 0.2) is 60.8 Å². The van der Waals surface area contributed by atoms with Gasteiger partial charge in [0.25, 0.3) is 0 Å². The molecule has 0 aromatic carbocycles. The lowest BCUT2D eigenvalue weighted by atomic mass is 10.0. The minimum absolute atomic E-state index is 0.0861. The molecule has 0 aromatic rings. The molecule has 0 amide bonds. The van der Waals surface area contributed by atoms with E-state index >= 15 is 0 Å². The summed E-state index contributed by atoms with van der Waals surface area (Å²) >= 11 is 0. The number of hydrogen-bond donors (Lipinski definition) is 2. The van der Waals surface area contributed by atoms with Gasteiger partial charge in [0.15, 0.2) is 0 Å². The van der Waals surface area contributed by atoms with Gasteiger partial charge in [0.05, 0.1) is 19.8 Å². The van der Waals surface area contributed by atoms with Crippen LogP contribution in [0.5, 0.6) is 0 Å². The van der Waals surface area contributed by atoms with Crippen LogP contribution in [0.1, 0.15) is 149 Å². The summed E-state index contributed by atoms with van der Waals surface area (Å²) in [5.41, 5.74) is 5.35. The normalized spacial score (nSPS) is 14.3. The third-order valence-electron chi connectivity index (χ3n) is 7.70. The second-order valence-electron chi connectivity index (χ2n) is 12.4. The van der Waals surface area contributed by atoms with Gasteiger partial charge in [-0.2, -0.15) is 0 Å². The minimum atomic E-state index is -4.28. The first kappa shape index (κ1) is 47.2. The Morgan fingerprint density at radius 2 is 1.14 bits per heavy atom. The van der Waals surface area contributed by atoms with Crippen LogP contribution in [0.3, 0.4) is 0 Å². The zero-order valence-electron chi connectivity index (χ0n) is 31.2. The van der Waals surface area contributed by atoms with Crippen molar-refractivity contribution in [1.29, 1.82) is 0 Å². The van der Waals surface area contributed by atoms with Gasteiger partial charge < -0.3 is 20.1 Å². The van der Waals surface area contributed by atoms with Crippen molar-refractivity contribution in [2.24, 2.45) is 5.73 Å². The summed E-state index contributed by atoms with van der Waals surface area (Å²) in [5.74, 6) is -0.349. The van der Waals surface area contributed by atoms with Gasteiger partial charge >= 0.3 is 13.8 Å². The van der Waals surface area contributed by atoms with Crippen molar-refractivity contribution in [2.75, 3.05) is 33.0 Å². The molecule has 2 unspecified atom stereocenters. The second kappa shape index (κ2) is 37.5. The van der Waals surface area contributed by atoms with Crippen molar-refractivity contribution < 1.29 is 32.8 Å². The number of phosphoric ester groups is 1. The molecular weight excluding hydrogens is 637 g/mol. The third-order valence-corrected chi connectivity index (χ3v) is 8.68. The van der Waals surface area contributed by atoms with Crippen LogP contribution in [-0.4, -0.2) is 49.9 Å². The van der Waals surface area contributed by atoms with Gasteiger partial charge in [-0.05, 0) is 57.8 Å². The van der Waals surface area contributed by atoms with Crippen LogP contribution >= 0.6 is 7.82 Å². The first-order valence-electron chi connectivity index (χ1n) is 19.3. The molecule has 3 N–H and O–H groups in total. The standard InChI is InChI=1S/C40H72NO7P/c1-3-5-7-9-11-13-15-17-18-19-20-21-22-24-26-28-30-32-35-45-37-39(38-47-49(43,44)46-36-34-41)48-40(42)33-31-29-27-25-23-16-14-12-10-8-6-4-2/h5,7,11,13,17-18,20-21,24,26,39H,3-4,6,8-10,12,14-16,19,22-23,25,27-38,41H2,1-2H3,(H,43,44)/b7-5-,13-11-,18-17-,21-20-,26-24-. The monoisotopic (exact) mass is 710 g/mol. The molecule has 0 radical (unpaired) electrons. The van der Waals surface area contributed by atoms with E-state index in [0.29, 0.717) is 13.0 Å². The molecule has 0 aliphatic carbocycles. The first-order valence-corrected chi connectivity index (χ1v) is 20.8. The molecule has 49 heavy (non-hydrogen) atoms. The van der Waals surface area contributed by atoms with E-state index in [9.17, 15) is 14.3 Å². The lowest BCUT2D eigenvalue weighted by Gasteiger charge is -2.20. The lowest BCUT2D eigenvalue weighted by Crippen LogP contribution is -2.28. The average Bonchev–Trinajstić information content (AvgIpc) is 3.09. The number of unbranched alkanes of at least 4 members (excludes halogenated alkanes) is 13. The lowest BCUT2D eigenvalue weighted by molar-refractivity contribution is -0.154. The Hall–Kier alpha value is -1.80. The van der Waals surface area contributed by atoms with Crippen molar-refractivity contribution in [3.8, 4) is 0 Å². The van der Waals surface area contributed by atoms with Crippen molar-refractivity contribution in [3.63, 3.8) is 0 Å². The van der Waals surface area contributed by atoms with E-state index in [-0.39, 0.29) is 32.3 Å². The van der Waals surface area contributed by atoms with Crippen LogP contribution in [-0.2, 0) is 27.9 Å². The number of hydrogen-bond acceptors (Lipinski definition) is 7. The molecule has 0 spiro atoms. The molecule has 0 heterocycles. The van der Waals surface area contributed by atoms with E-state index in [1.54, 1.807) is 0 Å². The molecule has 9 heteroatoms. The number of esters is 1. The predicted molar refractivity (Wildman–Crippen MR) is 205 cm³/mol. The van der Waals surface area contributed by atoms with E-state index in [1.807, 2.05) is 0 Å². The van der Waals surface area contributed by atoms with Crippen LogP contribution in [0, 0.1) is 0 Å². The summed E-state index contributed by atoms with van der Waals surface area (Å²) in [6, 6.07) is 0. The summed E-state index contributed by atoms with van der Waals surface area (Å²) < 4.78 is 33.2. The average molecular weight is 710 g/mol. The van der Waals surface area contributed by atoms with E-state index in [0.717, 1.165) is 70.6 Å². The predicted octanol–water partition coefficient (Wildman–Crippen LogP) is 11.0. The zero-order chi connectivity index (χ0) is 35.9. The Balaban J connectivity index is 4.18. The highest BCUT2D eigenvalue weighted by atomic mass is 31.2. The number of allylic oxidation sites excluding steroid dienone is 10. The van der Waals surface area contributed by atoms with Crippen molar-refractivity contribution in [2.45, 2.75) is 155 Å². The highest BCUT2D eigenvalue weighted by Crippen LogP contribution is 2.43. The number of ether oxygens (including phenoxy) is 2. The van der Waals surface area contributed by atoms with Gasteiger partial charge in [0.1, 0.15) is 6.10 Å². The topological polar surface area (TPSA) is 117 Å². The summed E-state index contributed by atoms with van der Waals surface area (Å²) in [6.45, 7) is 4.67. The van der Waals surface area contributed by atoms with E-state index < -0.39 is 13.9 Å². The fourth-order valence-electron chi connectivity index (χ4n) is 4.90. The largest absolute Gasteiger partial charge is 0.472 e. The van der Waals surface area contributed by atoms with E-state index in [4.69, 9.17) is 24.3 Å². The number of phosphoric acid groups is 1. The van der Waals surface area contributed by atoms with Crippen LogP contribution in [0.25, 0.3) is 0 Å². The SMILES string of the molecule is CC/C=C\C/C=C\C/C=C\C/C=C\C/C=C\CCCCOCC(COP(=O)(O)OCCN)OC(=O)CCCCCCCCCCCCCC. The summed E-state index contributed by atoms with van der Waals surface area (Å²) in [4.78, 5) is 22.4. The second-order valence-corrected chi connectivity index (χ2v) is 13.9. The molecular formula is C40H72NO7P. The molecule has 0 aromatic heterocycles. The van der Waals surface area contributed by atoms with Crippen molar-refractivity contribution >= 4 is 13.8 Å². The molecule has 0 bridgehead atoms. The molecule has 0 rings (SSSR count). The molecule has 8 nitrogen and oxygen atoms in total. The fourth-order valence-corrected chi connectivity index (χ4v) is 5.67. The molecule has 284 valence electrons. The number of nitrogens with two attached hydrogens (primary N) is 1. The maximum absolute atomic E-state index is 12.5. The quantitative estimate of drug-likeness (QED) is 0.0286.